The van der Waals surface area contributed by atoms with Gasteiger partial charge in [0.1, 0.15) is 0 Å². The van der Waals surface area contributed by atoms with E-state index >= 15 is 0 Å². The smallest absolute Gasteiger partial charge is 0.0654 e. The first-order valence-corrected chi connectivity index (χ1v) is 7.30. The van der Waals surface area contributed by atoms with E-state index in [9.17, 15) is 0 Å². The van der Waals surface area contributed by atoms with Crippen molar-refractivity contribution in [2.75, 3.05) is 0 Å². The molecule has 2 saturated carbocycles. The predicted molar refractivity (Wildman–Crippen MR) is 79.9 cm³/mol. The molecule has 0 spiro atoms. The number of hydrogen-bond donors (Lipinski definition) is 0. The Morgan fingerprint density at radius 2 is 1.11 bits per heavy atom. The van der Waals surface area contributed by atoms with Gasteiger partial charge in [0, 0.05) is 0 Å². The van der Waals surface area contributed by atoms with Crippen LogP contribution in [-0.2, 0) is 17.1 Å². The molecule has 2 fully saturated rings. The summed E-state index contributed by atoms with van der Waals surface area (Å²) in [5.41, 5.74) is 0. The third-order valence-corrected chi connectivity index (χ3v) is 3.11. The Hall–Kier alpha value is 0.519. The van der Waals surface area contributed by atoms with Gasteiger partial charge in [-0.15, -0.1) is 0 Å². The van der Waals surface area contributed by atoms with E-state index in [1.165, 1.54) is 50.9 Å². The van der Waals surface area contributed by atoms with Gasteiger partial charge in [0.25, 0.3) is 0 Å². The van der Waals surface area contributed by atoms with Crippen molar-refractivity contribution in [2.45, 2.75) is 51.9 Å². The SMILES string of the molecule is CCCCCCCC[C]1[CH][CH][CH][CH]1.[CH]1[CH][CH][CH][CH]1.[Fe+2]. The number of rotatable bonds is 7. The molecule has 0 heterocycles. The molecule has 1 heteroatoms. The molecule has 0 atom stereocenters. The molecule has 2 rings (SSSR count). The molecular weight excluding hydrogens is 272 g/mol. The van der Waals surface area contributed by atoms with E-state index in [1.54, 1.807) is 0 Å². The fraction of sp³-hybridized carbons (Fsp3) is 0.444. The fourth-order valence-corrected chi connectivity index (χ4v) is 2.01. The van der Waals surface area contributed by atoms with Gasteiger partial charge in [-0.25, -0.2) is 0 Å². The Labute approximate surface area is 133 Å². The molecule has 0 unspecified atom stereocenters. The Morgan fingerprint density at radius 1 is 0.632 bits per heavy atom. The topological polar surface area (TPSA) is 0 Å². The van der Waals surface area contributed by atoms with Crippen molar-refractivity contribution in [1.29, 1.82) is 0 Å². The van der Waals surface area contributed by atoms with E-state index in [0.717, 1.165) is 0 Å². The van der Waals surface area contributed by atoms with Gasteiger partial charge in [-0.1, -0.05) is 45.4 Å². The Bertz CT molecular complexity index is 149. The molecular formula is C18H26Fe+2. The van der Waals surface area contributed by atoms with Crippen LogP contribution in [0.2, 0.25) is 0 Å². The summed E-state index contributed by atoms with van der Waals surface area (Å²) in [4.78, 5) is 0. The summed E-state index contributed by atoms with van der Waals surface area (Å²) >= 11 is 0. The van der Waals surface area contributed by atoms with E-state index in [2.05, 4.69) is 32.6 Å². The van der Waals surface area contributed by atoms with Crippen LogP contribution in [-0.4, -0.2) is 0 Å². The molecule has 0 saturated heterocycles. The van der Waals surface area contributed by atoms with Crippen molar-refractivity contribution in [3.63, 3.8) is 0 Å². The second-order valence-corrected chi connectivity index (χ2v) is 4.77. The molecule has 0 bridgehead atoms. The molecule has 0 aromatic heterocycles. The van der Waals surface area contributed by atoms with E-state index in [0.29, 0.717) is 0 Å². The summed E-state index contributed by atoms with van der Waals surface area (Å²) in [6.07, 6.45) is 28.4. The molecule has 0 aromatic rings. The maximum Gasteiger partial charge on any atom is 2.00 e. The molecule has 0 amide bonds. The normalized spacial score (nSPS) is 18.8. The first-order chi connectivity index (χ1) is 8.93. The Kier molecular flexibility index (Phi) is 15.3. The van der Waals surface area contributed by atoms with Gasteiger partial charge in [0.05, 0.1) is 0 Å². The van der Waals surface area contributed by atoms with Gasteiger partial charge in [-0.2, -0.15) is 0 Å². The van der Waals surface area contributed by atoms with Crippen LogP contribution in [0.5, 0.6) is 0 Å². The Balaban J connectivity index is 0.000000454. The van der Waals surface area contributed by atoms with Crippen LogP contribution in [0, 0.1) is 63.7 Å². The monoisotopic (exact) mass is 298 g/mol. The summed E-state index contributed by atoms with van der Waals surface area (Å²) in [6.45, 7) is 2.27. The summed E-state index contributed by atoms with van der Waals surface area (Å²) in [7, 11) is 0. The molecule has 0 aliphatic heterocycles. The van der Waals surface area contributed by atoms with Crippen LogP contribution < -0.4 is 0 Å². The molecule has 2 aliphatic carbocycles. The van der Waals surface area contributed by atoms with Crippen LogP contribution in [0.4, 0.5) is 0 Å². The van der Waals surface area contributed by atoms with Crippen molar-refractivity contribution < 1.29 is 17.1 Å². The largest absolute Gasteiger partial charge is 2.00 e. The van der Waals surface area contributed by atoms with Crippen LogP contribution in [0.15, 0.2) is 0 Å². The van der Waals surface area contributed by atoms with Gasteiger partial charge in [0.15, 0.2) is 0 Å². The second kappa shape index (κ2) is 14.9. The van der Waals surface area contributed by atoms with Crippen molar-refractivity contribution in [2.24, 2.45) is 0 Å². The molecule has 10 radical (unpaired) electrons. The molecule has 0 nitrogen and oxygen atoms in total. The van der Waals surface area contributed by atoms with E-state index in [4.69, 9.17) is 0 Å². The van der Waals surface area contributed by atoms with Crippen molar-refractivity contribution in [1.82, 2.24) is 0 Å². The molecule has 0 aromatic carbocycles. The third-order valence-electron chi connectivity index (χ3n) is 3.11. The molecule has 104 valence electrons. The third kappa shape index (κ3) is 12.0. The molecule has 0 N–H and O–H groups in total. The number of unbranched alkanes of at least 4 members (excludes halogenated alkanes) is 5. The second-order valence-electron chi connectivity index (χ2n) is 4.77. The van der Waals surface area contributed by atoms with Crippen LogP contribution in [0.1, 0.15) is 51.9 Å². The van der Waals surface area contributed by atoms with Gasteiger partial charge < -0.3 is 0 Å². The van der Waals surface area contributed by atoms with Crippen LogP contribution >= 0.6 is 0 Å². The minimum Gasteiger partial charge on any atom is -0.0654 e. The Morgan fingerprint density at radius 3 is 1.63 bits per heavy atom. The zero-order chi connectivity index (χ0) is 12.9. The van der Waals surface area contributed by atoms with Gasteiger partial charge >= 0.3 is 17.1 Å². The average Bonchev–Trinajstić information content (AvgIpc) is 3.07. The van der Waals surface area contributed by atoms with Gasteiger partial charge in [0.2, 0.25) is 0 Å². The van der Waals surface area contributed by atoms with Gasteiger partial charge in [-0.3, -0.25) is 0 Å². The maximum atomic E-state index is 2.27. The van der Waals surface area contributed by atoms with Crippen molar-refractivity contribution in [3.8, 4) is 0 Å². The van der Waals surface area contributed by atoms with Gasteiger partial charge in [-0.05, 0) is 70.1 Å². The predicted octanol–water partition coefficient (Wildman–Crippen LogP) is 5.16. The van der Waals surface area contributed by atoms with E-state index in [-0.39, 0.29) is 17.1 Å². The summed E-state index contributed by atoms with van der Waals surface area (Å²) < 4.78 is 0. The summed E-state index contributed by atoms with van der Waals surface area (Å²) in [5.74, 6) is 1.51. The zero-order valence-electron chi connectivity index (χ0n) is 12.0. The standard InChI is InChI=1S/C13H21.C5H5.Fe/c1-2-3-4-5-6-7-10-13-11-8-9-12-13;1-2-4-5-3-1;/h8-9,11-12H,2-7,10H2,1H3;1-5H;/q;;+2. The minimum absolute atomic E-state index is 0. The fourth-order valence-electron chi connectivity index (χ4n) is 2.01. The summed E-state index contributed by atoms with van der Waals surface area (Å²) in [6, 6.07) is 0. The van der Waals surface area contributed by atoms with E-state index in [1.807, 2.05) is 32.1 Å². The average molecular weight is 298 g/mol. The van der Waals surface area contributed by atoms with E-state index < -0.39 is 0 Å². The first kappa shape index (κ1) is 19.5. The first-order valence-electron chi connectivity index (χ1n) is 7.30. The van der Waals surface area contributed by atoms with Crippen molar-refractivity contribution in [3.05, 3.63) is 63.7 Å². The molecule has 2 aliphatic rings. The minimum atomic E-state index is 0. The summed E-state index contributed by atoms with van der Waals surface area (Å²) in [5, 5.41) is 0. The number of hydrogen-bond acceptors (Lipinski definition) is 0. The van der Waals surface area contributed by atoms with Crippen LogP contribution in [0.25, 0.3) is 0 Å². The quantitative estimate of drug-likeness (QED) is 0.450. The van der Waals surface area contributed by atoms with Crippen LogP contribution in [0.3, 0.4) is 0 Å². The zero-order valence-corrected chi connectivity index (χ0v) is 13.1. The van der Waals surface area contributed by atoms with Crippen molar-refractivity contribution >= 4 is 0 Å². The maximum absolute atomic E-state index is 2.27. The molecule has 19 heavy (non-hydrogen) atoms.